The van der Waals surface area contributed by atoms with Gasteiger partial charge in [-0.3, -0.25) is 4.99 Å². The summed E-state index contributed by atoms with van der Waals surface area (Å²) >= 11 is 0. The monoisotopic (exact) mass is 509 g/mol. The van der Waals surface area contributed by atoms with Crippen LogP contribution in [-0.2, 0) is 26.3 Å². The Kier molecular flexibility index (Phi) is 5.42. The first-order valence-electron chi connectivity index (χ1n) is 11.6. The predicted octanol–water partition coefficient (Wildman–Crippen LogP) is 3.79. The van der Waals surface area contributed by atoms with Crippen molar-refractivity contribution >= 4 is 11.7 Å². The molecule has 1 saturated carbocycles. The van der Waals surface area contributed by atoms with Crippen LogP contribution >= 0.6 is 0 Å². The van der Waals surface area contributed by atoms with E-state index < -0.39 is 12.0 Å². The number of ether oxygens (including phenoxy) is 1. The molecule has 1 N–H and O–H groups in total. The lowest BCUT2D eigenvalue weighted by Gasteiger charge is -2.20. The Balaban J connectivity index is 1.23. The molecule has 0 spiro atoms. The molecule has 13 heteroatoms. The minimum atomic E-state index is -4.57. The average molecular weight is 509 g/mol. The molecule has 10 nitrogen and oxygen atoms in total. The summed E-state index contributed by atoms with van der Waals surface area (Å²) in [6.07, 6.45) is 0.872. The number of rotatable bonds is 6. The topological polar surface area (TPSA) is 108 Å². The summed E-state index contributed by atoms with van der Waals surface area (Å²) in [6.45, 7) is 0.892. The molecule has 4 heterocycles. The van der Waals surface area contributed by atoms with E-state index in [4.69, 9.17) is 9.73 Å². The van der Waals surface area contributed by atoms with Gasteiger partial charge in [-0.25, -0.2) is 24.3 Å². The number of aliphatic imine (C=N–C) groups is 1. The fraction of sp³-hybridized carbons (Fsp3) is 0.333. The van der Waals surface area contributed by atoms with Gasteiger partial charge < -0.3 is 10.1 Å². The summed E-state index contributed by atoms with van der Waals surface area (Å²) < 4.78 is 47.3. The van der Waals surface area contributed by atoms with Crippen LogP contribution in [0.4, 0.5) is 19.0 Å². The third-order valence-corrected chi connectivity index (χ3v) is 6.36. The maximum Gasteiger partial charge on any atom is 0.451 e. The third-order valence-electron chi connectivity index (χ3n) is 6.36. The summed E-state index contributed by atoms with van der Waals surface area (Å²) in [5.41, 5.74) is 4.05. The summed E-state index contributed by atoms with van der Waals surface area (Å²) in [6, 6.07) is 7.05. The fourth-order valence-electron chi connectivity index (χ4n) is 4.37. The van der Waals surface area contributed by atoms with Gasteiger partial charge in [-0.05, 0) is 18.4 Å². The van der Waals surface area contributed by atoms with Crippen molar-refractivity contribution in [2.45, 2.75) is 38.0 Å². The molecular formula is C24H22F3N9O. The number of aromatic nitrogens is 7. The van der Waals surface area contributed by atoms with Gasteiger partial charge in [0, 0.05) is 24.1 Å². The van der Waals surface area contributed by atoms with E-state index in [1.165, 1.54) is 13.4 Å². The maximum absolute atomic E-state index is 13.1. The van der Waals surface area contributed by atoms with Crippen molar-refractivity contribution in [2.75, 3.05) is 12.4 Å². The molecule has 1 fully saturated rings. The van der Waals surface area contributed by atoms with Crippen molar-refractivity contribution in [3.8, 4) is 17.3 Å². The number of nitrogens with zero attached hydrogens (tertiary/aromatic N) is 8. The quantitative estimate of drug-likeness (QED) is 0.421. The van der Waals surface area contributed by atoms with Crippen molar-refractivity contribution in [1.29, 1.82) is 0 Å². The van der Waals surface area contributed by atoms with Crippen LogP contribution in [0.15, 0.2) is 41.8 Å². The first kappa shape index (κ1) is 23.1. The Morgan fingerprint density at radius 2 is 1.92 bits per heavy atom. The van der Waals surface area contributed by atoms with E-state index in [-0.39, 0.29) is 5.82 Å². The Labute approximate surface area is 209 Å². The predicted molar refractivity (Wildman–Crippen MR) is 127 cm³/mol. The number of aryl methyl sites for hydroxylation is 1. The Bertz CT molecular complexity index is 1500. The molecule has 0 bridgehead atoms. The third kappa shape index (κ3) is 4.30. The summed E-state index contributed by atoms with van der Waals surface area (Å²) in [4.78, 5) is 17.1. The van der Waals surface area contributed by atoms with Crippen LogP contribution in [0.2, 0.25) is 0 Å². The summed E-state index contributed by atoms with van der Waals surface area (Å²) in [5.74, 6) is 1.29. The lowest BCUT2D eigenvalue weighted by atomic mass is 10.1. The number of alkyl halides is 3. The van der Waals surface area contributed by atoms with Gasteiger partial charge in [0.2, 0.25) is 11.7 Å². The number of nitrogens with one attached hydrogen (secondary N) is 1. The van der Waals surface area contributed by atoms with E-state index in [1.54, 1.807) is 25.4 Å². The first-order valence-corrected chi connectivity index (χ1v) is 11.6. The lowest BCUT2D eigenvalue weighted by molar-refractivity contribution is -0.147. The van der Waals surface area contributed by atoms with Gasteiger partial charge in [-0.2, -0.15) is 23.4 Å². The summed E-state index contributed by atoms with van der Waals surface area (Å²) in [5, 5.41) is 11.8. The van der Waals surface area contributed by atoms with Crippen LogP contribution in [0.5, 0.6) is 5.88 Å². The number of anilines is 1. The van der Waals surface area contributed by atoms with Crippen LogP contribution < -0.4 is 10.1 Å². The molecule has 0 saturated heterocycles. The molecule has 190 valence electrons. The van der Waals surface area contributed by atoms with Crippen molar-refractivity contribution in [1.82, 2.24) is 34.5 Å². The van der Waals surface area contributed by atoms with Gasteiger partial charge >= 0.3 is 6.18 Å². The standard InChI is InChI=1S/C24H22F3N9O/c1-35-23(24(25,26)27)33-19(34-35)15-5-3-13(4-6-15)11-36-21-16(10-31-36)9-28-20(32-21)17-18(14-7-8-14)29-12-30-22(17)37-2/h3-6,10,12,14H,7-9,11H2,1-2H3,(H,28,32). The number of hydrogen-bond donors (Lipinski definition) is 1. The second kappa shape index (κ2) is 8.68. The zero-order valence-electron chi connectivity index (χ0n) is 20.0. The second-order valence-corrected chi connectivity index (χ2v) is 8.96. The largest absolute Gasteiger partial charge is 0.480 e. The molecule has 0 amide bonds. The first-order chi connectivity index (χ1) is 17.8. The van der Waals surface area contributed by atoms with Gasteiger partial charge in [0.1, 0.15) is 23.5 Å². The highest BCUT2D eigenvalue weighted by Gasteiger charge is 2.37. The molecule has 6 rings (SSSR count). The van der Waals surface area contributed by atoms with Crippen LogP contribution in [0.3, 0.4) is 0 Å². The van der Waals surface area contributed by atoms with Crippen molar-refractivity contribution in [2.24, 2.45) is 12.0 Å². The number of methoxy groups -OCH3 is 1. The second-order valence-electron chi connectivity index (χ2n) is 8.96. The van der Waals surface area contributed by atoms with E-state index in [1.807, 2.05) is 16.8 Å². The van der Waals surface area contributed by atoms with Crippen LogP contribution in [0, 0.1) is 0 Å². The normalized spacial score (nSPS) is 15.2. The van der Waals surface area contributed by atoms with E-state index in [9.17, 15) is 13.2 Å². The zero-order chi connectivity index (χ0) is 25.7. The molecule has 1 aliphatic heterocycles. The fourth-order valence-corrected chi connectivity index (χ4v) is 4.37. The van der Waals surface area contributed by atoms with Crippen LogP contribution in [0.1, 0.15) is 47.0 Å². The number of hydrogen-bond acceptors (Lipinski definition) is 8. The van der Waals surface area contributed by atoms with E-state index >= 15 is 0 Å². The minimum absolute atomic E-state index is 0.0193. The number of halogens is 3. The Hall–Kier alpha value is -4.29. The molecule has 2 aliphatic rings. The number of amidine groups is 1. The minimum Gasteiger partial charge on any atom is -0.480 e. The average Bonchev–Trinajstić information content (AvgIpc) is 3.55. The highest BCUT2D eigenvalue weighted by molar-refractivity contribution is 6.11. The van der Waals surface area contributed by atoms with Crippen molar-refractivity contribution < 1.29 is 17.9 Å². The van der Waals surface area contributed by atoms with Gasteiger partial charge in [-0.15, -0.1) is 0 Å². The number of fused-ring (bicyclic) bond motifs is 1. The SMILES string of the molecule is COc1ncnc(C2CC2)c1C1=NCc2cnn(Cc3ccc(-c4nc(C(F)(F)F)n(C)n4)cc3)c2N1. The van der Waals surface area contributed by atoms with E-state index in [0.29, 0.717) is 36.3 Å². The molecule has 0 radical (unpaired) electrons. The zero-order valence-corrected chi connectivity index (χ0v) is 20.0. The van der Waals surface area contributed by atoms with Gasteiger partial charge in [0.25, 0.3) is 0 Å². The molecule has 37 heavy (non-hydrogen) atoms. The number of benzene rings is 1. The molecule has 1 aromatic carbocycles. The molecule has 0 unspecified atom stereocenters. The Morgan fingerprint density at radius 3 is 2.59 bits per heavy atom. The van der Waals surface area contributed by atoms with Crippen molar-refractivity contribution in [3.05, 3.63) is 65.0 Å². The highest BCUT2D eigenvalue weighted by atomic mass is 19.4. The van der Waals surface area contributed by atoms with Crippen LogP contribution in [0.25, 0.3) is 11.4 Å². The van der Waals surface area contributed by atoms with Crippen molar-refractivity contribution in [3.63, 3.8) is 0 Å². The van der Waals surface area contributed by atoms with Crippen LogP contribution in [-0.4, -0.2) is 47.5 Å². The Morgan fingerprint density at radius 1 is 1.14 bits per heavy atom. The molecular weight excluding hydrogens is 487 g/mol. The molecule has 3 aromatic heterocycles. The van der Waals surface area contributed by atoms with Gasteiger partial charge in [0.15, 0.2) is 5.82 Å². The maximum atomic E-state index is 13.1. The molecule has 0 atom stereocenters. The summed E-state index contributed by atoms with van der Waals surface area (Å²) in [7, 11) is 2.81. The smallest absolute Gasteiger partial charge is 0.451 e. The van der Waals surface area contributed by atoms with E-state index in [0.717, 1.165) is 45.7 Å². The van der Waals surface area contributed by atoms with Gasteiger partial charge in [0.05, 0.1) is 32.1 Å². The lowest BCUT2D eigenvalue weighted by Crippen LogP contribution is -2.24. The highest BCUT2D eigenvalue weighted by Crippen LogP contribution is 2.42. The molecule has 4 aromatic rings. The molecule has 1 aliphatic carbocycles. The van der Waals surface area contributed by atoms with E-state index in [2.05, 4.69) is 30.5 Å². The van der Waals surface area contributed by atoms with Gasteiger partial charge in [-0.1, -0.05) is 24.3 Å².